The molecule has 1 aromatic rings. The number of likely N-dealkylation sites (N-methyl/N-ethyl adjacent to an activating group) is 1. The normalized spacial score (nSPS) is 15.6. The molecule has 152 valence electrons. The molecule has 0 radical (unpaired) electrons. The second-order valence-electron chi connectivity index (χ2n) is 7.43. The topological polar surface area (TPSA) is 60.2 Å². The van der Waals surface area contributed by atoms with E-state index in [-0.39, 0.29) is 11.7 Å². The number of hydrogen-bond donors (Lipinski definition) is 0. The molecule has 5 nitrogen and oxygen atoms in total. The highest BCUT2D eigenvalue weighted by molar-refractivity contribution is 7.78. The fourth-order valence-electron chi connectivity index (χ4n) is 3.61. The van der Waals surface area contributed by atoms with Gasteiger partial charge in [-0.15, -0.1) is 0 Å². The molecule has 0 atom stereocenters. The summed E-state index contributed by atoms with van der Waals surface area (Å²) < 4.78 is 39.7. The summed E-state index contributed by atoms with van der Waals surface area (Å²) in [6.07, 6.45) is 1.46. The summed E-state index contributed by atoms with van der Waals surface area (Å²) in [5, 5.41) is 8.88. The van der Waals surface area contributed by atoms with E-state index in [0.717, 1.165) is 49.3 Å². The molecule has 1 fully saturated rings. The fraction of sp³-hybridized carbons (Fsp3) is 0.579. The zero-order chi connectivity index (χ0) is 21.1. The molecule has 1 heterocycles. The predicted octanol–water partition coefficient (Wildman–Crippen LogP) is 4.31. The van der Waals surface area contributed by atoms with Crippen molar-refractivity contribution in [2.45, 2.75) is 63.7 Å². The lowest BCUT2D eigenvalue weighted by atomic mass is 9.90. The van der Waals surface area contributed by atoms with Gasteiger partial charge >= 0.3 is 6.18 Å². The van der Waals surface area contributed by atoms with Crippen LogP contribution in [0.25, 0.3) is 0 Å². The van der Waals surface area contributed by atoms with Crippen molar-refractivity contribution in [3.8, 4) is 6.07 Å². The minimum Gasteiger partial charge on any atom is -0.352 e. The van der Waals surface area contributed by atoms with Crippen LogP contribution in [-0.2, 0) is 11.0 Å². The molecule has 1 aromatic heterocycles. The molecular weight excluding hydrogens is 389 g/mol. The molecule has 0 saturated heterocycles. The summed E-state index contributed by atoms with van der Waals surface area (Å²) in [5.41, 5.74) is -1.48. The third kappa shape index (κ3) is 4.43. The van der Waals surface area contributed by atoms with Crippen LogP contribution in [0.2, 0.25) is 0 Å². The van der Waals surface area contributed by atoms with E-state index in [1.807, 2.05) is 4.90 Å². The van der Waals surface area contributed by atoms with Crippen LogP contribution in [0.3, 0.4) is 0 Å². The summed E-state index contributed by atoms with van der Waals surface area (Å²) in [4.78, 5) is 19.7. The molecule has 0 spiro atoms. The standard InChI is InChI=1S/C19H23F3N4OS/c1-18(2,26(12-28)13-7-5-4-6-8-13)17(27)25(3)14-9-15(19(20,21)22)16(10-23)24-11-14/h9,11-13H,4-8H2,1-3H3. The molecule has 2 rings (SSSR count). The summed E-state index contributed by atoms with van der Waals surface area (Å²) in [5.74, 6) is -0.404. The van der Waals surface area contributed by atoms with Crippen LogP contribution in [0.4, 0.5) is 18.9 Å². The highest BCUT2D eigenvalue weighted by Gasteiger charge is 2.40. The van der Waals surface area contributed by atoms with Crippen LogP contribution in [0, 0.1) is 11.3 Å². The van der Waals surface area contributed by atoms with Crippen LogP contribution in [0.1, 0.15) is 57.2 Å². The van der Waals surface area contributed by atoms with E-state index in [1.54, 1.807) is 13.8 Å². The number of aromatic nitrogens is 1. The van der Waals surface area contributed by atoms with Crippen molar-refractivity contribution < 1.29 is 18.0 Å². The molecule has 9 heteroatoms. The van der Waals surface area contributed by atoms with Gasteiger partial charge in [-0.2, -0.15) is 18.4 Å². The van der Waals surface area contributed by atoms with Crippen LogP contribution < -0.4 is 4.90 Å². The molecule has 0 unspecified atom stereocenters. The highest BCUT2D eigenvalue weighted by atomic mass is 32.1. The van der Waals surface area contributed by atoms with Crippen molar-refractivity contribution >= 4 is 29.3 Å². The molecule has 28 heavy (non-hydrogen) atoms. The smallest absolute Gasteiger partial charge is 0.352 e. The number of amides is 1. The Morgan fingerprint density at radius 1 is 1.32 bits per heavy atom. The minimum atomic E-state index is -4.74. The third-order valence-electron chi connectivity index (χ3n) is 5.23. The Morgan fingerprint density at radius 3 is 2.43 bits per heavy atom. The summed E-state index contributed by atoms with van der Waals surface area (Å²) in [6, 6.07) is 2.34. The second kappa shape index (κ2) is 8.43. The molecule has 0 aliphatic heterocycles. The Bertz CT molecular complexity index is 782. The lowest BCUT2D eigenvalue weighted by Crippen LogP contribution is -2.58. The Hall–Kier alpha value is -2.21. The van der Waals surface area contributed by atoms with Gasteiger partial charge in [0.25, 0.3) is 5.91 Å². The van der Waals surface area contributed by atoms with Crippen molar-refractivity contribution in [3.63, 3.8) is 0 Å². The van der Waals surface area contributed by atoms with Gasteiger partial charge in [-0.25, -0.2) is 4.98 Å². The Morgan fingerprint density at radius 2 is 1.93 bits per heavy atom. The number of rotatable bonds is 5. The van der Waals surface area contributed by atoms with Gasteiger partial charge < -0.3 is 9.80 Å². The van der Waals surface area contributed by atoms with Gasteiger partial charge in [0, 0.05) is 13.1 Å². The molecule has 1 aliphatic carbocycles. The second-order valence-corrected chi connectivity index (χ2v) is 7.64. The van der Waals surface area contributed by atoms with Gasteiger partial charge in [-0.05, 0) is 32.8 Å². The first-order valence-corrected chi connectivity index (χ1v) is 9.50. The number of nitrogens with zero attached hydrogens (tertiary/aromatic N) is 4. The first-order chi connectivity index (χ1) is 13.0. The van der Waals surface area contributed by atoms with Crippen LogP contribution >= 0.6 is 12.2 Å². The lowest BCUT2D eigenvalue weighted by molar-refractivity contribution is -0.138. The summed E-state index contributed by atoms with van der Waals surface area (Å²) in [7, 11) is 1.40. The minimum absolute atomic E-state index is 0.0302. The highest BCUT2D eigenvalue weighted by Crippen LogP contribution is 2.34. The predicted molar refractivity (Wildman–Crippen MR) is 104 cm³/mol. The number of hydrogen-bond acceptors (Lipinski definition) is 4. The average molecular weight is 412 g/mol. The zero-order valence-electron chi connectivity index (χ0n) is 16.1. The van der Waals surface area contributed by atoms with Crippen LogP contribution in [-0.4, -0.2) is 39.9 Å². The van der Waals surface area contributed by atoms with E-state index >= 15 is 0 Å². The number of nitriles is 1. The van der Waals surface area contributed by atoms with E-state index in [4.69, 9.17) is 17.5 Å². The molecule has 0 bridgehead atoms. The quantitative estimate of drug-likeness (QED) is 0.675. The summed E-state index contributed by atoms with van der Waals surface area (Å²) in [6.45, 7) is 3.43. The number of carbonyl (C=O) groups is 1. The van der Waals surface area contributed by atoms with Crippen molar-refractivity contribution in [2.24, 2.45) is 0 Å². The van der Waals surface area contributed by atoms with Crippen molar-refractivity contribution in [2.75, 3.05) is 11.9 Å². The number of halogens is 3. The average Bonchev–Trinajstić information content (AvgIpc) is 2.66. The molecule has 1 aliphatic rings. The van der Waals surface area contributed by atoms with Gasteiger partial charge in [-0.1, -0.05) is 31.5 Å². The fourth-order valence-corrected chi connectivity index (χ4v) is 4.05. The van der Waals surface area contributed by atoms with Gasteiger partial charge in [0.2, 0.25) is 0 Å². The van der Waals surface area contributed by atoms with Gasteiger partial charge in [0.1, 0.15) is 11.6 Å². The molecule has 1 saturated carbocycles. The van der Waals surface area contributed by atoms with E-state index in [1.165, 1.54) is 18.6 Å². The van der Waals surface area contributed by atoms with Crippen molar-refractivity contribution in [1.29, 1.82) is 5.26 Å². The number of pyridine rings is 1. The first-order valence-electron chi connectivity index (χ1n) is 9.03. The number of anilines is 1. The Balaban J connectivity index is 2.34. The van der Waals surface area contributed by atoms with E-state index in [9.17, 15) is 18.0 Å². The maximum absolute atomic E-state index is 13.2. The van der Waals surface area contributed by atoms with Gasteiger partial charge in [0.15, 0.2) is 5.69 Å². The summed E-state index contributed by atoms with van der Waals surface area (Å²) >= 11 is 5.16. The van der Waals surface area contributed by atoms with E-state index in [0.29, 0.717) is 0 Å². The SMILES string of the molecule is CN(C(=O)C(C)(C)N(C=S)C1CCCCC1)c1cnc(C#N)c(C(F)(F)F)c1. The largest absolute Gasteiger partial charge is 0.419 e. The Labute approximate surface area is 168 Å². The first kappa shape index (κ1) is 22.1. The molecular formula is C19H23F3N4OS. The van der Waals surface area contributed by atoms with E-state index < -0.39 is 28.9 Å². The Kier molecular flexibility index (Phi) is 6.65. The monoisotopic (exact) mass is 412 g/mol. The lowest BCUT2D eigenvalue weighted by Gasteiger charge is -2.44. The number of carbonyl (C=O) groups excluding carboxylic acids is 1. The third-order valence-corrected chi connectivity index (χ3v) is 5.45. The van der Waals surface area contributed by atoms with Gasteiger partial charge in [-0.3, -0.25) is 4.79 Å². The van der Waals surface area contributed by atoms with Crippen LogP contribution in [0.15, 0.2) is 12.3 Å². The zero-order valence-corrected chi connectivity index (χ0v) is 16.9. The maximum Gasteiger partial charge on any atom is 0.419 e. The number of alkyl halides is 3. The molecule has 1 amide bonds. The van der Waals surface area contributed by atoms with Crippen LogP contribution in [0.5, 0.6) is 0 Å². The molecule has 0 N–H and O–H groups in total. The molecule has 0 aromatic carbocycles. The number of thiocarbonyl (C=S) groups is 1. The van der Waals surface area contributed by atoms with E-state index in [2.05, 4.69) is 4.98 Å². The van der Waals surface area contributed by atoms with Crippen molar-refractivity contribution in [3.05, 3.63) is 23.5 Å². The van der Waals surface area contributed by atoms with Crippen molar-refractivity contribution in [1.82, 2.24) is 9.88 Å². The van der Waals surface area contributed by atoms with Gasteiger partial charge in [0.05, 0.1) is 22.9 Å². The maximum atomic E-state index is 13.2.